The Morgan fingerprint density at radius 3 is 2.95 bits per heavy atom. The lowest BCUT2D eigenvalue weighted by molar-refractivity contribution is -0.153. The van der Waals surface area contributed by atoms with E-state index in [2.05, 4.69) is 22.2 Å². The van der Waals surface area contributed by atoms with Crippen molar-refractivity contribution in [3.63, 3.8) is 0 Å². The summed E-state index contributed by atoms with van der Waals surface area (Å²) in [5.74, 6) is 1.41. The van der Waals surface area contributed by atoms with Gasteiger partial charge in [-0.2, -0.15) is 10.5 Å². The molecule has 2 N–H and O–H groups in total. The lowest BCUT2D eigenvalue weighted by Crippen LogP contribution is -2.57. The lowest BCUT2D eigenvalue weighted by Gasteiger charge is -2.47. The Hall–Kier alpha value is -1.63. The zero-order valence-electron chi connectivity index (χ0n) is 11.8. The fourth-order valence-electron chi connectivity index (χ4n) is 4.22. The van der Waals surface area contributed by atoms with Gasteiger partial charge in [0.2, 0.25) is 0 Å². The molecule has 2 aromatic rings. The van der Waals surface area contributed by atoms with Crippen LogP contribution in [0.15, 0.2) is 30.6 Å². The van der Waals surface area contributed by atoms with E-state index in [0.717, 1.165) is 23.5 Å². The Morgan fingerprint density at radius 1 is 1.29 bits per heavy atom. The first-order valence-corrected chi connectivity index (χ1v) is 7.77. The molecule has 21 heavy (non-hydrogen) atoms. The van der Waals surface area contributed by atoms with Crippen molar-refractivity contribution in [1.29, 1.82) is 0 Å². The van der Waals surface area contributed by atoms with Gasteiger partial charge in [0.25, 0.3) is 0 Å². The molecule has 6 nitrogen and oxygen atoms in total. The third-order valence-electron chi connectivity index (χ3n) is 5.34. The Labute approximate surface area is 123 Å². The molecule has 2 aromatic heterocycles. The molecule has 0 amide bonds. The first-order valence-electron chi connectivity index (χ1n) is 7.77. The van der Waals surface area contributed by atoms with Crippen molar-refractivity contribution in [1.82, 2.24) is 20.6 Å². The number of nitrogens with one attached hydrogen (secondary N) is 2. The van der Waals surface area contributed by atoms with Gasteiger partial charge < -0.3 is 0 Å². The van der Waals surface area contributed by atoms with Crippen LogP contribution in [0.25, 0.3) is 5.52 Å². The van der Waals surface area contributed by atoms with Gasteiger partial charge in [0.15, 0.2) is 5.72 Å². The number of anilines is 1. The van der Waals surface area contributed by atoms with Gasteiger partial charge in [0, 0.05) is 12.1 Å². The fourth-order valence-corrected chi connectivity index (χ4v) is 4.22. The molecule has 0 aromatic carbocycles. The highest BCUT2D eigenvalue weighted by atomic mass is 16.7. The molecule has 4 fully saturated rings. The van der Waals surface area contributed by atoms with Gasteiger partial charge in [-0.25, -0.2) is 9.63 Å². The van der Waals surface area contributed by atoms with Crippen molar-refractivity contribution < 1.29 is 4.84 Å². The number of hydrogen-bond donors (Lipinski definition) is 2. The van der Waals surface area contributed by atoms with Crippen molar-refractivity contribution in [3.05, 3.63) is 30.6 Å². The molecular formula is C15H19N5O. The quantitative estimate of drug-likeness (QED) is 0.839. The Kier molecular flexibility index (Phi) is 2.39. The second-order valence-electron chi connectivity index (χ2n) is 6.54. The predicted molar refractivity (Wildman–Crippen MR) is 77.8 cm³/mol. The molecule has 1 saturated heterocycles. The molecule has 3 saturated carbocycles. The summed E-state index contributed by atoms with van der Waals surface area (Å²) in [6.07, 6.45) is 10.2. The van der Waals surface area contributed by atoms with Crippen LogP contribution < -0.4 is 16.1 Å². The molecule has 3 heterocycles. The van der Waals surface area contributed by atoms with Gasteiger partial charge in [0.1, 0.15) is 0 Å². The van der Waals surface area contributed by atoms with E-state index in [1.54, 1.807) is 6.20 Å². The van der Waals surface area contributed by atoms with Crippen LogP contribution in [-0.4, -0.2) is 15.3 Å². The highest BCUT2D eigenvalue weighted by molar-refractivity contribution is 5.60. The molecule has 6 heteroatoms. The third kappa shape index (κ3) is 1.73. The van der Waals surface area contributed by atoms with Crippen molar-refractivity contribution in [2.24, 2.45) is 11.8 Å². The van der Waals surface area contributed by atoms with E-state index < -0.39 is 0 Å². The van der Waals surface area contributed by atoms with Crippen molar-refractivity contribution in [2.75, 3.05) is 5.12 Å². The van der Waals surface area contributed by atoms with Crippen LogP contribution in [0, 0.1) is 11.8 Å². The first kappa shape index (κ1) is 12.0. The minimum Gasteiger partial charge on any atom is -0.257 e. The minimum atomic E-state index is -0.220. The molecular weight excluding hydrogens is 266 g/mol. The maximum atomic E-state index is 6.01. The maximum absolute atomic E-state index is 6.01. The number of fused-ring (bicyclic) bond motifs is 3. The summed E-state index contributed by atoms with van der Waals surface area (Å²) in [6.45, 7) is 0. The topological polar surface area (TPSA) is 53.8 Å². The summed E-state index contributed by atoms with van der Waals surface area (Å²) in [4.78, 5) is 6.01. The van der Waals surface area contributed by atoms with Crippen LogP contribution in [0.4, 0.5) is 5.69 Å². The van der Waals surface area contributed by atoms with E-state index in [4.69, 9.17) is 4.84 Å². The first-order chi connectivity index (χ1) is 10.3. The highest BCUT2D eigenvalue weighted by Gasteiger charge is 2.53. The van der Waals surface area contributed by atoms with Crippen LogP contribution >= 0.6 is 0 Å². The van der Waals surface area contributed by atoms with Gasteiger partial charge in [0.05, 0.1) is 17.4 Å². The molecule has 1 unspecified atom stereocenters. The van der Waals surface area contributed by atoms with Crippen LogP contribution in [0.1, 0.15) is 32.1 Å². The molecule has 1 aliphatic heterocycles. The largest absolute Gasteiger partial charge is 0.257 e. The van der Waals surface area contributed by atoms with Crippen LogP contribution in [-0.2, 0) is 4.84 Å². The van der Waals surface area contributed by atoms with Crippen molar-refractivity contribution in [3.8, 4) is 0 Å². The fraction of sp³-hybridized carbons (Fsp3) is 0.533. The van der Waals surface area contributed by atoms with E-state index in [1.165, 1.54) is 25.7 Å². The highest BCUT2D eigenvalue weighted by Crippen LogP contribution is 2.49. The SMILES string of the molecule is c1cnn2cc(N3NOC4(CC5CCC4CC5)N3)cc2c1. The maximum Gasteiger partial charge on any atom is 0.163 e. The number of nitrogens with zero attached hydrogens (tertiary/aromatic N) is 3. The molecule has 1 atom stereocenters. The van der Waals surface area contributed by atoms with E-state index >= 15 is 0 Å². The van der Waals surface area contributed by atoms with E-state index in [1.807, 2.05) is 28.0 Å². The van der Waals surface area contributed by atoms with Crippen LogP contribution in [0.5, 0.6) is 0 Å². The summed E-state index contributed by atoms with van der Waals surface area (Å²) >= 11 is 0. The number of aromatic nitrogens is 2. The Bertz CT molecular complexity index is 645. The molecule has 2 bridgehead atoms. The van der Waals surface area contributed by atoms with Gasteiger partial charge in [-0.05, 0) is 56.2 Å². The summed E-state index contributed by atoms with van der Waals surface area (Å²) in [7, 11) is 0. The van der Waals surface area contributed by atoms with E-state index in [0.29, 0.717) is 5.92 Å². The summed E-state index contributed by atoms with van der Waals surface area (Å²) < 4.78 is 1.87. The second-order valence-corrected chi connectivity index (χ2v) is 6.54. The van der Waals surface area contributed by atoms with Gasteiger partial charge in [-0.3, -0.25) is 4.84 Å². The molecule has 0 radical (unpaired) electrons. The third-order valence-corrected chi connectivity index (χ3v) is 5.34. The molecule has 4 aliphatic rings. The van der Waals surface area contributed by atoms with Gasteiger partial charge in [-0.1, -0.05) is 5.59 Å². The standard InChI is InChI=1S/C15H19N5O/c1-2-13-8-14(10-19(13)16-7-1)20-17-15(21-18-20)9-11-3-5-12(15)6-4-11/h1-2,7-8,10-12,17-18H,3-6,9H2. The predicted octanol–water partition coefficient (Wildman–Crippen LogP) is 2.00. The smallest absolute Gasteiger partial charge is 0.163 e. The van der Waals surface area contributed by atoms with E-state index in [-0.39, 0.29) is 5.72 Å². The second kappa shape index (κ2) is 4.19. The zero-order chi connectivity index (χ0) is 13.9. The molecule has 3 aliphatic carbocycles. The summed E-state index contributed by atoms with van der Waals surface area (Å²) in [6, 6.07) is 6.09. The van der Waals surface area contributed by atoms with Crippen LogP contribution in [0.3, 0.4) is 0 Å². The van der Waals surface area contributed by atoms with Crippen molar-refractivity contribution >= 4 is 11.2 Å². The number of rotatable bonds is 1. The number of hydrogen-bond acceptors (Lipinski definition) is 5. The molecule has 110 valence electrons. The summed E-state index contributed by atoms with van der Waals surface area (Å²) in [5, 5.41) is 6.21. The average molecular weight is 285 g/mol. The van der Waals surface area contributed by atoms with Gasteiger partial charge in [-0.15, -0.1) is 0 Å². The molecule has 1 spiro atoms. The normalized spacial score (nSPS) is 35.1. The molecule has 6 rings (SSSR count). The average Bonchev–Trinajstić information content (AvgIpc) is 3.13. The van der Waals surface area contributed by atoms with Crippen molar-refractivity contribution in [2.45, 2.75) is 37.8 Å². The number of hydrazine groups is 2. The minimum absolute atomic E-state index is 0.220. The summed E-state index contributed by atoms with van der Waals surface area (Å²) in [5.41, 5.74) is 8.51. The Balaban J connectivity index is 1.44. The van der Waals surface area contributed by atoms with Gasteiger partial charge >= 0.3 is 0 Å². The van der Waals surface area contributed by atoms with Crippen LogP contribution in [0.2, 0.25) is 0 Å². The lowest BCUT2D eigenvalue weighted by atomic mass is 9.66. The Morgan fingerprint density at radius 2 is 2.19 bits per heavy atom. The van der Waals surface area contributed by atoms with E-state index in [9.17, 15) is 0 Å². The monoisotopic (exact) mass is 285 g/mol. The zero-order valence-corrected chi connectivity index (χ0v) is 11.8.